The Morgan fingerprint density at radius 2 is 2.14 bits per heavy atom. The standard InChI is InChI=1S/C19H29N7O2/c1-6-24(10-14-9-20-25(7-2)13(14)5)19(28)16-17-18(27)21-15(8-12(3)4)11-26(17)23-22-16/h9,12,15H,6-8,10-11H2,1-5H3,(H,21,27)/t15-/m0/s1. The number of hydrogen-bond donors (Lipinski definition) is 1. The van der Waals surface area contributed by atoms with Crippen molar-refractivity contribution in [3.8, 4) is 0 Å². The zero-order valence-corrected chi connectivity index (χ0v) is 17.3. The van der Waals surface area contributed by atoms with Crippen molar-refractivity contribution in [3.63, 3.8) is 0 Å². The van der Waals surface area contributed by atoms with Crippen molar-refractivity contribution in [3.05, 3.63) is 28.8 Å². The van der Waals surface area contributed by atoms with Gasteiger partial charge in [-0.25, -0.2) is 4.68 Å². The molecule has 152 valence electrons. The first kappa shape index (κ1) is 20.0. The van der Waals surface area contributed by atoms with Crippen LogP contribution in [0.25, 0.3) is 0 Å². The topological polar surface area (TPSA) is 97.9 Å². The molecule has 9 nitrogen and oxygen atoms in total. The fourth-order valence-electron chi connectivity index (χ4n) is 3.66. The van der Waals surface area contributed by atoms with Crippen LogP contribution in [0.3, 0.4) is 0 Å². The van der Waals surface area contributed by atoms with E-state index in [1.165, 1.54) is 0 Å². The summed E-state index contributed by atoms with van der Waals surface area (Å²) in [6.45, 7) is 12.4. The van der Waals surface area contributed by atoms with Gasteiger partial charge in [0.1, 0.15) is 0 Å². The highest BCUT2D eigenvalue weighted by Gasteiger charge is 2.33. The molecule has 2 aromatic rings. The van der Waals surface area contributed by atoms with Gasteiger partial charge in [0, 0.05) is 36.9 Å². The minimum Gasteiger partial charge on any atom is -0.346 e. The average molecular weight is 387 g/mol. The van der Waals surface area contributed by atoms with Gasteiger partial charge in [0.05, 0.1) is 12.7 Å². The molecule has 0 radical (unpaired) electrons. The number of rotatable bonds is 7. The summed E-state index contributed by atoms with van der Waals surface area (Å²) in [5, 5.41) is 15.5. The van der Waals surface area contributed by atoms with Crippen LogP contribution in [0.4, 0.5) is 0 Å². The highest BCUT2D eigenvalue weighted by Crippen LogP contribution is 2.19. The summed E-state index contributed by atoms with van der Waals surface area (Å²) in [6.07, 6.45) is 2.65. The van der Waals surface area contributed by atoms with Crippen molar-refractivity contribution in [2.45, 2.75) is 66.7 Å². The van der Waals surface area contributed by atoms with Crippen LogP contribution >= 0.6 is 0 Å². The van der Waals surface area contributed by atoms with E-state index in [1.807, 2.05) is 25.5 Å². The summed E-state index contributed by atoms with van der Waals surface area (Å²) >= 11 is 0. The largest absolute Gasteiger partial charge is 0.346 e. The average Bonchev–Trinajstić information content (AvgIpc) is 3.22. The van der Waals surface area contributed by atoms with Gasteiger partial charge < -0.3 is 10.2 Å². The van der Waals surface area contributed by atoms with Crippen LogP contribution in [0.15, 0.2) is 6.20 Å². The zero-order valence-electron chi connectivity index (χ0n) is 17.3. The Bertz CT molecular complexity index is 868. The van der Waals surface area contributed by atoms with Gasteiger partial charge in [-0.2, -0.15) is 5.10 Å². The van der Waals surface area contributed by atoms with Crippen LogP contribution in [0.1, 0.15) is 66.4 Å². The van der Waals surface area contributed by atoms with Gasteiger partial charge in [0.2, 0.25) is 0 Å². The maximum atomic E-state index is 13.1. The fraction of sp³-hybridized carbons (Fsp3) is 0.632. The van der Waals surface area contributed by atoms with E-state index in [0.717, 1.165) is 24.2 Å². The Morgan fingerprint density at radius 3 is 2.75 bits per heavy atom. The van der Waals surface area contributed by atoms with Crippen molar-refractivity contribution < 1.29 is 9.59 Å². The number of aryl methyl sites for hydroxylation is 1. The molecule has 0 spiro atoms. The van der Waals surface area contributed by atoms with E-state index in [4.69, 9.17) is 0 Å². The highest BCUT2D eigenvalue weighted by molar-refractivity contribution is 6.05. The first-order valence-electron chi connectivity index (χ1n) is 9.90. The summed E-state index contributed by atoms with van der Waals surface area (Å²) in [5.41, 5.74) is 2.39. The fourth-order valence-corrected chi connectivity index (χ4v) is 3.66. The van der Waals surface area contributed by atoms with Gasteiger partial charge in [0.15, 0.2) is 11.4 Å². The first-order valence-corrected chi connectivity index (χ1v) is 9.90. The Morgan fingerprint density at radius 1 is 1.39 bits per heavy atom. The van der Waals surface area contributed by atoms with E-state index in [0.29, 0.717) is 25.6 Å². The lowest BCUT2D eigenvalue weighted by atomic mass is 10.0. The third-order valence-corrected chi connectivity index (χ3v) is 5.17. The number of aromatic nitrogens is 5. The molecule has 1 atom stereocenters. The van der Waals surface area contributed by atoms with Crippen LogP contribution in [0.5, 0.6) is 0 Å². The van der Waals surface area contributed by atoms with Crippen molar-refractivity contribution in [2.24, 2.45) is 5.92 Å². The van der Waals surface area contributed by atoms with Crippen molar-refractivity contribution in [1.29, 1.82) is 0 Å². The van der Waals surface area contributed by atoms with Gasteiger partial charge in [-0.15, -0.1) is 5.10 Å². The molecule has 1 aliphatic rings. The summed E-state index contributed by atoms with van der Waals surface area (Å²) in [4.78, 5) is 27.4. The second kappa shape index (κ2) is 8.12. The van der Waals surface area contributed by atoms with Crippen molar-refractivity contribution >= 4 is 11.8 Å². The summed E-state index contributed by atoms with van der Waals surface area (Å²) < 4.78 is 3.46. The monoisotopic (exact) mass is 387 g/mol. The number of carbonyl (C=O) groups is 2. The van der Waals surface area contributed by atoms with Crippen LogP contribution in [0.2, 0.25) is 0 Å². The Balaban J connectivity index is 1.81. The van der Waals surface area contributed by atoms with Crippen LogP contribution in [-0.4, -0.2) is 54.1 Å². The number of amides is 2. The van der Waals surface area contributed by atoms with E-state index in [1.54, 1.807) is 15.8 Å². The van der Waals surface area contributed by atoms with Crippen molar-refractivity contribution in [1.82, 2.24) is 35.0 Å². The molecule has 1 aliphatic heterocycles. The van der Waals surface area contributed by atoms with Crippen molar-refractivity contribution in [2.75, 3.05) is 6.54 Å². The molecule has 0 unspecified atom stereocenters. The second-order valence-corrected chi connectivity index (χ2v) is 7.66. The van der Waals surface area contributed by atoms with E-state index >= 15 is 0 Å². The number of hydrogen-bond acceptors (Lipinski definition) is 5. The molecule has 9 heteroatoms. The maximum Gasteiger partial charge on any atom is 0.277 e. The lowest BCUT2D eigenvalue weighted by Crippen LogP contribution is -2.46. The Hall–Kier alpha value is -2.71. The van der Waals surface area contributed by atoms with E-state index < -0.39 is 0 Å². The Labute approximate surface area is 165 Å². The minimum absolute atomic E-state index is 0.00876. The molecular weight excluding hydrogens is 358 g/mol. The number of fused-ring (bicyclic) bond motifs is 1. The lowest BCUT2D eigenvalue weighted by molar-refractivity contribution is 0.0736. The molecule has 3 rings (SSSR count). The summed E-state index contributed by atoms with van der Waals surface area (Å²) in [6, 6.07) is 0.00876. The van der Waals surface area contributed by atoms with Gasteiger partial charge in [-0.05, 0) is 33.1 Å². The predicted octanol–water partition coefficient (Wildman–Crippen LogP) is 1.62. The van der Waals surface area contributed by atoms with Gasteiger partial charge in [0.25, 0.3) is 11.8 Å². The predicted molar refractivity (Wildman–Crippen MR) is 104 cm³/mol. The third-order valence-electron chi connectivity index (χ3n) is 5.17. The highest BCUT2D eigenvalue weighted by atomic mass is 16.2. The van der Waals surface area contributed by atoms with Crippen LogP contribution in [-0.2, 0) is 19.6 Å². The smallest absolute Gasteiger partial charge is 0.277 e. The molecule has 0 fully saturated rings. The van der Waals surface area contributed by atoms with Gasteiger partial charge >= 0.3 is 0 Å². The molecule has 0 aromatic carbocycles. The second-order valence-electron chi connectivity index (χ2n) is 7.66. The normalized spacial score (nSPS) is 16.2. The molecule has 0 aliphatic carbocycles. The summed E-state index contributed by atoms with van der Waals surface area (Å²) in [5.74, 6) is -0.111. The molecule has 0 saturated carbocycles. The van der Waals surface area contributed by atoms with Gasteiger partial charge in [-0.3, -0.25) is 14.3 Å². The number of nitrogens with zero attached hydrogens (tertiary/aromatic N) is 6. The lowest BCUT2D eigenvalue weighted by Gasteiger charge is -2.26. The molecule has 3 heterocycles. The molecule has 2 amide bonds. The quantitative estimate of drug-likeness (QED) is 0.779. The molecule has 0 bridgehead atoms. The van der Waals surface area contributed by atoms with E-state index in [-0.39, 0.29) is 29.2 Å². The third kappa shape index (κ3) is 3.79. The molecular formula is C19H29N7O2. The van der Waals surface area contributed by atoms with Gasteiger partial charge in [-0.1, -0.05) is 19.1 Å². The molecule has 28 heavy (non-hydrogen) atoms. The Kier molecular flexibility index (Phi) is 5.81. The zero-order chi connectivity index (χ0) is 20.4. The SMILES string of the molecule is CCN(Cc1cnn(CC)c1C)C(=O)c1nnn2c1C(=O)N[C@@H](CC(C)C)C2. The van der Waals surface area contributed by atoms with Crippen LogP contribution < -0.4 is 5.32 Å². The number of carbonyl (C=O) groups excluding carboxylic acids is 2. The summed E-state index contributed by atoms with van der Waals surface area (Å²) in [7, 11) is 0. The molecule has 1 N–H and O–H groups in total. The minimum atomic E-state index is -0.287. The number of nitrogens with one attached hydrogen (secondary N) is 1. The first-order chi connectivity index (χ1) is 13.3. The molecule has 0 saturated heterocycles. The van der Waals surface area contributed by atoms with E-state index in [2.05, 4.69) is 34.6 Å². The van der Waals surface area contributed by atoms with Crippen LogP contribution in [0, 0.1) is 12.8 Å². The van der Waals surface area contributed by atoms with E-state index in [9.17, 15) is 9.59 Å². The molecule has 2 aromatic heterocycles. The maximum absolute atomic E-state index is 13.1.